The first-order chi connectivity index (χ1) is 19.4. The number of nitrogens with two attached hydrogens (primary N) is 2. The summed E-state index contributed by atoms with van der Waals surface area (Å²) in [6, 6.07) is 28.5. The smallest absolute Gasteiger partial charge is 0.227 e. The number of amides is 1. The number of nitrogens with one attached hydrogen (secondary N) is 1. The molecule has 0 bridgehead atoms. The predicted molar refractivity (Wildman–Crippen MR) is 178 cm³/mol. The molecule has 0 saturated carbocycles. The minimum Gasteiger partial charge on any atom is -0.384 e. The number of imidazole rings is 1. The van der Waals surface area contributed by atoms with Gasteiger partial charge in [-0.2, -0.15) is 0 Å². The molecular formula is C33H38Cl2N6O. The van der Waals surface area contributed by atoms with Crippen LogP contribution in [0.2, 0.25) is 0 Å². The highest BCUT2D eigenvalue weighted by molar-refractivity contribution is 5.97. The van der Waals surface area contributed by atoms with Crippen molar-refractivity contribution in [2.24, 2.45) is 18.5 Å². The van der Waals surface area contributed by atoms with E-state index in [1.54, 1.807) is 0 Å². The largest absolute Gasteiger partial charge is 0.384 e. The Morgan fingerprint density at radius 2 is 1.67 bits per heavy atom. The molecule has 5 rings (SSSR count). The van der Waals surface area contributed by atoms with Crippen LogP contribution in [0.5, 0.6) is 0 Å². The fourth-order valence-electron chi connectivity index (χ4n) is 5.22. The van der Waals surface area contributed by atoms with Gasteiger partial charge in [0, 0.05) is 31.1 Å². The molecule has 0 fully saturated rings. The molecule has 0 saturated heterocycles. The number of aryl methyl sites for hydroxylation is 3. The van der Waals surface area contributed by atoms with E-state index in [1.807, 2.05) is 60.5 Å². The Balaban J connectivity index is 0.00000242. The quantitative estimate of drug-likeness (QED) is 0.0931. The molecule has 5 N–H and O–H groups in total. The molecule has 42 heavy (non-hydrogen) atoms. The first-order valence-electron chi connectivity index (χ1n) is 13.8. The molecular weight excluding hydrogens is 567 g/mol. The second kappa shape index (κ2) is 14.8. The number of hydrogen-bond acceptors (Lipinski definition) is 4. The van der Waals surface area contributed by atoms with Crippen molar-refractivity contribution < 1.29 is 4.79 Å². The van der Waals surface area contributed by atoms with Gasteiger partial charge in [-0.15, -0.1) is 24.8 Å². The van der Waals surface area contributed by atoms with E-state index < -0.39 is 0 Å². The van der Waals surface area contributed by atoms with Gasteiger partial charge in [-0.1, -0.05) is 66.7 Å². The topological polar surface area (TPSA) is 114 Å². The second-order valence-electron chi connectivity index (χ2n) is 10.2. The maximum Gasteiger partial charge on any atom is 0.227 e. The molecule has 1 amide bonds. The zero-order valence-corrected chi connectivity index (χ0v) is 25.4. The molecule has 0 aliphatic carbocycles. The average molecular weight is 606 g/mol. The van der Waals surface area contributed by atoms with Crippen molar-refractivity contribution in [1.29, 1.82) is 5.41 Å². The van der Waals surface area contributed by atoms with Gasteiger partial charge in [-0.25, -0.2) is 4.98 Å². The third kappa shape index (κ3) is 7.29. The number of fused-ring (bicyclic) bond motifs is 2. The Morgan fingerprint density at radius 1 is 0.929 bits per heavy atom. The van der Waals surface area contributed by atoms with Crippen LogP contribution in [0.3, 0.4) is 0 Å². The maximum absolute atomic E-state index is 13.5. The van der Waals surface area contributed by atoms with E-state index in [0.717, 1.165) is 70.1 Å². The fraction of sp³-hybridized carbons (Fsp3) is 0.242. The lowest BCUT2D eigenvalue weighted by atomic mass is 10.0. The summed E-state index contributed by atoms with van der Waals surface area (Å²) in [7, 11) is 2.04. The summed E-state index contributed by atoms with van der Waals surface area (Å²) in [4.78, 5) is 20.4. The van der Waals surface area contributed by atoms with E-state index in [1.165, 1.54) is 5.56 Å². The second-order valence-corrected chi connectivity index (χ2v) is 10.2. The molecule has 0 aliphatic heterocycles. The average Bonchev–Trinajstić information content (AvgIpc) is 3.29. The van der Waals surface area contributed by atoms with E-state index >= 15 is 0 Å². The number of carbonyl (C=O) groups is 1. The standard InChI is InChI=1S/C33H36N6O.2ClH/c1-38-30-18-17-27(21-29(30)37-31(38)19-14-23-12-15-25(16-13-23)33(35)36)39(32(40)11-4-5-20-34)22-26-9-6-8-24-7-2-3-10-28(24)26;;/h2-3,6-10,12-13,15-18,21H,4-5,11,14,19-20,22,34H2,1H3,(H3,35,36);2*1H. The van der Waals surface area contributed by atoms with Crippen molar-refractivity contribution >= 4 is 64.1 Å². The number of benzene rings is 4. The Hall–Kier alpha value is -3.91. The van der Waals surface area contributed by atoms with E-state index in [-0.39, 0.29) is 36.6 Å². The molecule has 7 nitrogen and oxygen atoms in total. The summed E-state index contributed by atoms with van der Waals surface area (Å²) in [5.41, 5.74) is 17.0. The normalized spacial score (nSPS) is 10.7. The van der Waals surface area contributed by atoms with Crippen LogP contribution >= 0.6 is 24.8 Å². The van der Waals surface area contributed by atoms with Crippen LogP contribution in [-0.2, 0) is 31.2 Å². The number of amidine groups is 1. The Morgan fingerprint density at radius 3 is 2.40 bits per heavy atom. The molecule has 0 aliphatic rings. The van der Waals surface area contributed by atoms with Crippen LogP contribution in [0.4, 0.5) is 5.69 Å². The summed E-state index contributed by atoms with van der Waals surface area (Å²) in [5, 5.41) is 9.90. The number of hydrogen-bond donors (Lipinski definition) is 3. The molecule has 4 aromatic carbocycles. The van der Waals surface area contributed by atoms with Gasteiger partial charge < -0.3 is 20.9 Å². The van der Waals surface area contributed by atoms with Crippen molar-refractivity contribution in [3.8, 4) is 0 Å². The van der Waals surface area contributed by atoms with Gasteiger partial charge in [0.1, 0.15) is 11.7 Å². The first-order valence-corrected chi connectivity index (χ1v) is 13.8. The summed E-state index contributed by atoms with van der Waals surface area (Å²) < 4.78 is 2.13. The Kier molecular flexibility index (Phi) is 11.5. The van der Waals surface area contributed by atoms with Crippen LogP contribution in [-0.4, -0.2) is 27.8 Å². The summed E-state index contributed by atoms with van der Waals surface area (Å²) >= 11 is 0. The van der Waals surface area contributed by atoms with Gasteiger partial charge >= 0.3 is 0 Å². The minimum atomic E-state index is 0. The van der Waals surface area contributed by atoms with E-state index in [9.17, 15) is 4.79 Å². The molecule has 220 valence electrons. The number of rotatable bonds is 11. The van der Waals surface area contributed by atoms with E-state index in [2.05, 4.69) is 41.0 Å². The molecule has 0 unspecified atom stereocenters. The van der Waals surface area contributed by atoms with Crippen LogP contribution in [0.25, 0.3) is 21.8 Å². The zero-order chi connectivity index (χ0) is 28.1. The highest BCUT2D eigenvalue weighted by Crippen LogP contribution is 2.28. The monoisotopic (exact) mass is 604 g/mol. The summed E-state index contributed by atoms with van der Waals surface area (Å²) in [6.45, 7) is 1.07. The Bertz CT molecular complexity index is 1660. The number of anilines is 1. The number of aromatic nitrogens is 2. The van der Waals surface area contributed by atoms with Gasteiger partial charge in [0.25, 0.3) is 0 Å². The molecule has 0 spiro atoms. The van der Waals surface area contributed by atoms with Crippen LogP contribution in [0.15, 0.2) is 84.9 Å². The highest BCUT2D eigenvalue weighted by Gasteiger charge is 2.19. The lowest BCUT2D eigenvalue weighted by Gasteiger charge is -2.24. The van der Waals surface area contributed by atoms with Crippen LogP contribution in [0, 0.1) is 5.41 Å². The van der Waals surface area contributed by atoms with Gasteiger partial charge in [0.2, 0.25) is 5.91 Å². The molecule has 1 heterocycles. The molecule has 9 heteroatoms. The minimum absolute atomic E-state index is 0. The number of nitrogen functional groups attached to an aromatic ring is 1. The van der Waals surface area contributed by atoms with Crippen LogP contribution < -0.4 is 16.4 Å². The summed E-state index contributed by atoms with van der Waals surface area (Å²) in [5.74, 6) is 1.15. The number of nitrogens with zero attached hydrogens (tertiary/aromatic N) is 3. The predicted octanol–water partition coefficient (Wildman–Crippen LogP) is 6.30. The van der Waals surface area contributed by atoms with Crippen molar-refractivity contribution in [3.05, 3.63) is 107 Å². The summed E-state index contributed by atoms with van der Waals surface area (Å²) in [6.07, 6.45) is 3.65. The van der Waals surface area contributed by atoms with Gasteiger partial charge in [0.15, 0.2) is 0 Å². The van der Waals surface area contributed by atoms with Gasteiger partial charge in [-0.05, 0) is 65.9 Å². The van der Waals surface area contributed by atoms with Crippen molar-refractivity contribution in [2.45, 2.75) is 38.6 Å². The van der Waals surface area contributed by atoms with Gasteiger partial charge in [0.05, 0.1) is 17.6 Å². The molecule has 1 aromatic heterocycles. The zero-order valence-electron chi connectivity index (χ0n) is 23.8. The number of unbranched alkanes of at least 4 members (excludes halogenated alkanes) is 1. The van der Waals surface area contributed by atoms with Crippen molar-refractivity contribution in [1.82, 2.24) is 9.55 Å². The lowest BCUT2D eigenvalue weighted by Crippen LogP contribution is -2.30. The van der Waals surface area contributed by atoms with E-state index in [0.29, 0.717) is 19.5 Å². The third-order valence-corrected chi connectivity index (χ3v) is 7.53. The van der Waals surface area contributed by atoms with Crippen molar-refractivity contribution in [2.75, 3.05) is 11.4 Å². The molecule has 0 radical (unpaired) electrons. The van der Waals surface area contributed by atoms with Gasteiger partial charge in [-0.3, -0.25) is 10.2 Å². The first kappa shape index (κ1) is 32.6. The van der Waals surface area contributed by atoms with Crippen LogP contribution in [0.1, 0.15) is 41.8 Å². The number of carbonyl (C=O) groups excluding carboxylic acids is 1. The Labute approximate surface area is 259 Å². The fourth-order valence-corrected chi connectivity index (χ4v) is 5.22. The molecule has 5 aromatic rings. The van der Waals surface area contributed by atoms with Crippen molar-refractivity contribution in [3.63, 3.8) is 0 Å². The maximum atomic E-state index is 13.5. The lowest BCUT2D eigenvalue weighted by molar-refractivity contribution is -0.118. The molecule has 0 atom stereocenters. The number of halogens is 2. The van der Waals surface area contributed by atoms with E-state index in [4.69, 9.17) is 21.9 Å². The third-order valence-electron chi connectivity index (χ3n) is 7.53. The SMILES string of the molecule is Cl.Cl.Cn1c(CCc2ccc(C(=N)N)cc2)nc2cc(N(Cc3cccc4ccccc34)C(=O)CCCCN)ccc21. The highest BCUT2D eigenvalue weighted by atomic mass is 35.5.